The number of aromatic nitrogens is 3. The van der Waals surface area contributed by atoms with Crippen LogP contribution in [0.4, 0.5) is 0 Å². The molecular formula is C11H20N4O3. The Morgan fingerprint density at radius 2 is 2.11 bits per heavy atom. The fourth-order valence-corrected chi connectivity index (χ4v) is 1.78. The number of carbonyl (C=O) groups is 1. The van der Waals surface area contributed by atoms with Crippen molar-refractivity contribution in [2.75, 3.05) is 20.8 Å². The van der Waals surface area contributed by atoms with Gasteiger partial charge in [0.05, 0.1) is 12.7 Å². The summed E-state index contributed by atoms with van der Waals surface area (Å²) >= 11 is 0. The summed E-state index contributed by atoms with van der Waals surface area (Å²) in [7, 11) is 3.21. The van der Waals surface area contributed by atoms with Crippen LogP contribution in [0.5, 0.6) is 0 Å². The number of ether oxygens (including phenoxy) is 2. The van der Waals surface area contributed by atoms with E-state index in [1.165, 1.54) is 0 Å². The molecule has 0 fully saturated rings. The first-order valence-corrected chi connectivity index (χ1v) is 5.76. The highest BCUT2D eigenvalue weighted by Crippen LogP contribution is 2.19. The second-order valence-corrected chi connectivity index (χ2v) is 4.31. The van der Waals surface area contributed by atoms with Gasteiger partial charge in [-0.25, -0.2) is 4.68 Å². The first kappa shape index (κ1) is 14.6. The van der Waals surface area contributed by atoms with Gasteiger partial charge in [-0.15, -0.1) is 5.10 Å². The number of rotatable bonds is 7. The molecule has 1 aromatic rings. The van der Waals surface area contributed by atoms with Crippen molar-refractivity contribution in [2.45, 2.75) is 26.5 Å². The predicted octanol–water partition coefficient (Wildman–Crippen LogP) is 0.367. The molecular weight excluding hydrogens is 236 g/mol. The van der Waals surface area contributed by atoms with Crippen LogP contribution in [0.1, 0.15) is 36.1 Å². The fraction of sp³-hybridized carbons (Fsp3) is 0.727. The third-order valence-electron chi connectivity index (χ3n) is 2.68. The summed E-state index contributed by atoms with van der Waals surface area (Å²) in [5.41, 5.74) is 6.04. The third kappa shape index (κ3) is 3.27. The first-order valence-electron chi connectivity index (χ1n) is 5.76. The molecule has 2 N–H and O–H groups in total. The van der Waals surface area contributed by atoms with Gasteiger partial charge >= 0.3 is 0 Å². The Kier molecular flexibility index (Phi) is 5.24. The largest absolute Gasteiger partial charge is 0.384 e. The molecule has 7 heteroatoms. The van der Waals surface area contributed by atoms with E-state index in [2.05, 4.69) is 10.3 Å². The molecule has 0 saturated heterocycles. The van der Waals surface area contributed by atoms with Crippen molar-refractivity contribution in [3.05, 3.63) is 11.4 Å². The molecule has 1 aromatic heterocycles. The summed E-state index contributed by atoms with van der Waals surface area (Å²) in [6, 6.07) is 0. The van der Waals surface area contributed by atoms with Gasteiger partial charge in [-0.05, 0) is 12.8 Å². The SMILES string of the molecule is COCC(C)Cn1nnc(C(N)=O)c1C(C)OC. The number of amides is 1. The highest BCUT2D eigenvalue weighted by Gasteiger charge is 2.23. The molecule has 1 rings (SSSR count). The Hall–Kier alpha value is -1.47. The van der Waals surface area contributed by atoms with E-state index in [4.69, 9.17) is 15.2 Å². The van der Waals surface area contributed by atoms with Crippen molar-refractivity contribution in [3.63, 3.8) is 0 Å². The minimum atomic E-state index is -0.598. The highest BCUT2D eigenvalue weighted by atomic mass is 16.5. The summed E-state index contributed by atoms with van der Waals surface area (Å²) < 4.78 is 12.0. The van der Waals surface area contributed by atoms with Crippen LogP contribution in [0.15, 0.2) is 0 Å². The number of hydrogen-bond acceptors (Lipinski definition) is 5. The number of nitrogens with two attached hydrogens (primary N) is 1. The van der Waals surface area contributed by atoms with E-state index in [0.29, 0.717) is 18.8 Å². The molecule has 1 amide bonds. The maximum absolute atomic E-state index is 11.3. The Labute approximate surface area is 106 Å². The van der Waals surface area contributed by atoms with Gasteiger partial charge in [0.25, 0.3) is 5.91 Å². The third-order valence-corrected chi connectivity index (χ3v) is 2.68. The maximum Gasteiger partial charge on any atom is 0.271 e. The van der Waals surface area contributed by atoms with Gasteiger partial charge in [0.2, 0.25) is 0 Å². The molecule has 0 aromatic carbocycles. The van der Waals surface area contributed by atoms with Crippen LogP contribution < -0.4 is 5.73 Å². The molecule has 0 aliphatic heterocycles. The number of nitrogens with zero attached hydrogens (tertiary/aromatic N) is 3. The van der Waals surface area contributed by atoms with Crippen molar-refractivity contribution >= 4 is 5.91 Å². The summed E-state index contributed by atoms with van der Waals surface area (Å²) in [4.78, 5) is 11.3. The molecule has 102 valence electrons. The van der Waals surface area contributed by atoms with Crippen LogP contribution in [0.2, 0.25) is 0 Å². The summed E-state index contributed by atoms with van der Waals surface area (Å²) in [5.74, 6) is -0.347. The fourth-order valence-electron chi connectivity index (χ4n) is 1.78. The average molecular weight is 256 g/mol. The molecule has 0 saturated carbocycles. The van der Waals surface area contributed by atoms with Crippen LogP contribution in [-0.2, 0) is 16.0 Å². The van der Waals surface area contributed by atoms with E-state index < -0.39 is 5.91 Å². The van der Waals surface area contributed by atoms with Crippen LogP contribution in [-0.4, -0.2) is 41.7 Å². The zero-order chi connectivity index (χ0) is 13.7. The number of methoxy groups -OCH3 is 2. The van der Waals surface area contributed by atoms with Gasteiger partial charge in [-0.1, -0.05) is 12.1 Å². The molecule has 0 aliphatic carbocycles. The molecule has 0 bridgehead atoms. The standard InChI is InChI=1S/C11H20N4O3/c1-7(6-17-3)5-15-10(8(2)18-4)9(11(12)16)13-14-15/h7-8H,5-6H2,1-4H3,(H2,12,16). The van der Waals surface area contributed by atoms with Crippen LogP contribution >= 0.6 is 0 Å². The number of hydrogen-bond donors (Lipinski definition) is 1. The monoisotopic (exact) mass is 256 g/mol. The van der Waals surface area contributed by atoms with Gasteiger partial charge in [0, 0.05) is 20.8 Å². The topological polar surface area (TPSA) is 92.3 Å². The van der Waals surface area contributed by atoms with Crippen molar-refractivity contribution in [1.29, 1.82) is 0 Å². The minimum Gasteiger partial charge on any atom is -0.384 e. The normalized spacial score (nSPS) is 14.4. The van der Waals surface area contributed by atoms with Crippen molar-refractivity contribution < 1.29 is 14.3 Å². The smallest absolute Gasteiger partial charge is 0.271 e. The lowest BCUT2D eigenvalue weighted by molar-refractivity contribution is 0.0952. The van der Waals surface area contributed by atoms with Gasteiger partial charge in [-0.3, -0.25) is 4.79 Å². The van der Waals surface area contributed by atoms with Crippen LogP contribution in [0, 0.1) is 5.92 Å². The molecule has 0 spiro atoms. The van der Waals surface area contributed by atoms with Crippen molar-refractivity contribution in [2.24, 2.45) is 11.7 Å². The second-order valence-electron chi connectivity index (χ2n) is 4.31. The first-order chi connectivity index (χ1) is 8.51. The lowest BCUT2D eigenvalue weighted by atomic mass is 10.1. The van der Waals surface area contributed by atoms with E-state index >= 15 is 0 Å². The van der Waals surface area contributed by atoms with E-state index in [1.807, 2.05) is 13.8 Å². The highest BCUT2D eigenvalue weighted by molar-refractivity contribution is 5.91. The van der Waals surface area contributed by atoms with E-state index in [-0.39, 0.29) is 17.7 Å². The molecule has 0 radical (unpaired) electrons. The zero-order valence-corrected chi connectivity index (χ0v) is 11.2. The Morgan fingerprint density at radius 3 is 2.61 bits per heavy atom. The molecule has 0 aliphatic rings. The van der Waals surface area contributed by atoms with Gasteiger partial charge in [-0.2, -0.15) is 0 Å². The molecule has 1 heterocycles. The van der Waals surface area contributed by atoms with Crippen LogP contribution in [0.25, 0.3) is 0 Å². The molecule has 2 unspecified atom stereocenters. The summed E-state index contributed by atoms with van der Waals surface area (Å²) in [6.07, 6.45) is -0.294. The Bertz CT molecular complexity index is 405. The lowest BCUT2D eigenvalue weighted by Gasteiger charge is -2.15. The predicted molar refractivity (Wildman–Crippen MR) is 65.0 cm³/mol. The van der Waals surface area contributed by atoms with Crippen molar-refractivity contribution in [1.82, 2.24) is 15.0 Å². The van der Waals surface area contributed by atoms with Gasteiger partial charge in [0.1, 0.15) is 5.69 Å². The molecule has 7 nitrogen and oxygen atoms in total. The lowest BCUT2D eigenvalue weighted by Crippen LogP contribution is -2.20. The van der Waals surface area contributed by atoms with Crippen molar-refractivity contribution in [3.8, 4) is 0 Å². The van der Waals surface area contributed by atoms with Gasteiger partial charge in [0.15, 0.2) is 5.69 Å². The Balaban J connectivity index is 3.00. The Morgan fingerprint density at radius 1 is 1.44 bits per heavy atom. The van der Waals surface area contributed by atoms with Gasteiger partial charge < -0.3 is 15.2 Å². The summed E-state index contributed by atoms with van der Waals surface area (Å²) in [6.45, 7) is 5.04. The van der Waals surface area contributed by atoms with E-state index in [9.17, 15) is 4.79 Å². The minimum absolute atomic E-state index is 0.161. The number of primary amides is 1. The van der Waals surface area contributed by atoms with E-state index in [0.717, 1.165) is 0 Å². The second kappa shape index (κ2) is 6.46. The van der Waals surface area contributed by atoms with Crippen LogP contribution in [0.3, 0.4) is 0 Å². The average Bonchev–Trinajstić information content (AvgIpc) is 2.72. The number of carbonyl (C=O) groups excluding carboxylic acids is 1. The molecule has 18 heavy (non-hydrogen) atoms. The quantitative estimate of drug-likeness (QED) is 0.760. The maximum atomic E-state index is 11.3. The van der Waals surface area contributed by atoms with E-state index in [1.54, 1.807) is 18.9 Å². The summed E-state index contributed by atoms with van der Waals surface area (Å²) in [5, 5.41) is 7.77. The molecule has 2 atom stereocenters. The zero-order valence-electron chi connectivity index (χ0n) is 11.2.